The lowest BCUT2D eigenvalue weighted by Crippen LogP contribution is -2.36. The Hall–Kier alpha value is -2.85. The van der Waals surface area contributed by atoms with Crippen molar-refractivity contribution in [1.82, 2.24) is 9.88 Å². The highest BCUT2D eigenvalue weighted by atomic mass is 35.5. The van der Waals surface area contributed by atoms with Crippen LogP contribution < -0.4 is 5.32 Å². The molecule has 0 spiro atoms. The zero-order chi connectivity index (χ0) is 17.9. The zero-order valence-electron chi connectivity index (χ0n) is 14.2. The van der Waals surface area contributed by atoms with E-state index in [0.717, 1.165) is 24.3 Å². The topological polar surface area (TPSA) is 45.2 Å². The number of amides is 1. The Labute approximate surface area is 157 Å². The van der Waals surface area contributed by atoms with E-state index in [1.165, 1.54) is 11.1 Å². The quantitative estimate of drug-likeness (QED) is 0.735. The molecular formula is C21H18ClN3O. The number of halogens is 1. The van der Waals surface area contributed by atoms with Crippen LogP contribution in [0.1, 0.15) is 21.6 Å². The van der Waals surface area contributed by atoms with Gasteiger partial charge < -0.3 is 10.2 Å². The second-order valence-corrected chi connectivity index (χ2v) is 6.75. The molecule has 4 rings (SSSR count). The molecular weight excluding hydrogens is 346 g/mol. The number of hydrogen-bond donors (Lipinski definition) is 1. The molecule has 0 aliphatic carbocycles. The average Bonchev–Trinajstić information content (AvgIpc) is 2.69. The second-order valence-electron chi connectivity index (χ2n) is 6.31. The molecule has 2 aromatic carbocycles. The number of pyridine rings is 1. The summed E-state index contributed by atoms with van der Waals surface area (Å²) in [7, 11) is 0. The second kappa shape index (κ2) is 7.18. The van der Waals surface area contributed by atoms with Crippen LogP contribution >= 0.6 is 11.6 Å². The summed E-state index contributed by atoms with van der Waals surface area (Å²) in [4.78, 5) is 18.9. The van der Waals surface area contributed by atoms with Gasteiger partial charge in [-0.05, 0) is 53.9 Å². The van der Waals surface area contributed by atoms with Crippen LogP contribution in [0.25, 0.3) is 0 Å². The first kappa shape index (κ1) is 16.6. The first-order chi connectivity index (χ1) is 12.7. The predicted octanol–water partition coefficient (Wildman–Crippen LogP) is 4.68. The van der Waals surface area contributed by atoms with Crippen LogP contribution in [0.5, 0.6) is 0 Å². The van der Waals surface area contributed by atoms with Gasteiger partial charge in [0, 0.05) is 23.8 Å². The number of nitrogens with one attached hydrogen (secondary N) is 1. The molecule has 0 radical (unpaired) electrons. The number of hydrogen-bond acceptors (Lipinski definition) is 3. The smallest absolute Gasteiger partial charge is 0.272 e. The molecule has 0 unspecified atom stereocenters. The third kappa shape index (κ3) is 3.55. The van der Waals surface area contributed by atoms with E-state index in [4.69, 9.17) is 11.6 Å². The molecule has 0 bridgehead atoms. The van der Waals surface area contributed by atoms with Crippen molar-refractivity contribution >= 4 is 28.9 Å². The number of aromatic nitrogens is 1. The summed E-state index contributed by atoms with van der Waals surface area (Å²) in [6, 6.07) is 19.3. The molecule has 1 amide bonds. The minimum absolute atomic E-state index is 0.0301. The summed E-state index contributed by atoms with van der Waals surface area (Å²) in [5.41, 5.74) is 4.75. The van der Waals surface area contributed by atoms with Crippen LogP contribution in [0, 0.1) is 0 Å². The normalized spacial score (nSPS) is 13.2. The first-order valence-corrected chi connectivity index (χ1v) is 8.91. The van der Waals surface area contributed by atoms with Crippen LogP contribution in [0.4, 0.5) is 11.4 Å². The summed E-state index contributed by atoms with van der Waals surface area (Å²) < 4.78 is 0. The van der Waals surface area contributed by atoms with Gasteiger partial charge in [0.25, 0.3) is 5.91 Å². The van der Waals surface area contributed by atoms with E-state index in [2.05, 4.69) is 22.4 Å². The molecule has 1 N–H and O–H groups in total. The molecule has 4 nitrogen and oxygen atoms in total. The maximum absolute atomic E-state index is 12.7. The molecule has 0 saturated heterocycles. The number of nitrogens with zero attached hydrogens (tertiary/aromatic N) is 2. The van der Waals surface area contributed by atoms with Gasteiger partial charge in [0.05, 0.1) is 11.9 Å². The molecule has 1 aliphatic rings. The molecule has 2 heterocycles. The minimum Gasteiger partial charge on any atom is -0.354 e. The van der Waals surface area contributed by atoms with Gasteiger partial charge in [0.15, 0.2) is 0 Å². The van der Waals surface area contributed by atoms with Crippen LogP contribution in [0.3, 0.4) is 0 Å². The van der Waals surface area contributed by atoms with Gasteiger partial charge in [-0.25, -0.2) is 4.98 Å². The molecule has 130 valence electrons. The third-order valence-electron chi connectivity index (χ3n) is 4.53. The van der Waals surface area contributed by atoms with Crippen molar-refractivity contribution in [1.29, 1.82) is 0 Å². The molecule has 0 saturated carbocycles. The van der Waals surface area contributed by atoms with Crippen molar-refractivity contribution in [2.24, 2.45) is 0 Å². The van der Waals surface area contributed by atoms with E-state index in [0.29, 0.717) is 17.3 Å². The van der Waals surface area contributed by atoms with Gasteiger partial charge in [-0.15, -0.1) is 0 Å². The van der Waals surface area contributed by atoms with Gasteiger partial charge in [-0.1, -0.05) is 35.9 Å². The van der Waals surface area contributed by atoms with Crippen molar-refractivity contribution < 1.29 is 4.79 Å². The molecule has 5 heteroatoms. The number of carbonyl (C=O) groups excluding carboxylic acids is 1. The van der Waals surface area contributed by atoms with Crippen molar-refractivity contribution in [3.05, 3.63) is 88.7 Å². The SMILES string of the molecule is O=C(c1ccc(Nc2ccc(Cl)cc2)cn1)N1CCc2ccccc2C1. The molecule has 0 fully saturated rings. The number of fused-ring (bicyclic) bond motifs is 1. The Balaban J connectivity index is 1.45. The number of rotatable bonds is 3. The van der Waals surface area contributed by atoms with Crippen LogP contribution in [0.2, 0.25) is 5.02 Å². The van der Waals surface area contributed by atoms with E-state index in [-0.39, 0.29) is 5.91 Å². The van der Waals surface area contributed by atoms with Gasteiger partial charge in [-0.3, -0.25) is 4.79 Å². The highest BCUT2D eigenvalue weighted by Crippen LogP contribution is 2.21. The Morgan fingerprint density at radius 1 is 0.962 bits per heavy atom. The van der Waals surface area contributed by atoms with E-state index >= 15 is 0 Å². The molecule has 26 heavy (non-hydrogen) atoms. The lowest BCUT2D eigenvalue weighted by Gasteiger charge is -2.28. The summed E-state index contributed by atoms with van der Waals surface area (Å²) in [6.07, 6.45) is 2.57. The lowest BCUT2D eigenvalue weighted by atomic mass is 10.00. The molecule has 3 aromatic rings. The van der Waals surface area contributed by atoms with E-state index in [1.807, 2.05) is 47.4 Å². The number of benzene rings is 2. The fourth-order valence-electron chi connectivity index (χ4n) is 3.13. The maximum atomic E-state index is 12.7. The molecule has 1 aliphatic heterocycles. The van der Waals surface area contributed by atoms with Crippen molar-refractivity contribution in [3.8, 4) is 0 Å². The van der Waals surface area contributed by atoms with Crippen molar-refractivity contribution in [2.75, 3.05) is 11.9 Å². The summed E-state index contributed by atoms with van der Waals surface area (Å²) in [5, 5.41) is 3.94. The minimum atomic E-state index is -0.0301. The summed E-state index contributed by atoms with van der Waals surface area (Å²) in [5.74, 6) is -0.0301. The standard InChI is InChI=1S/C21H18ClN3O/c22-17-5-7-18(8-6-17)24-19-9-10-20(23-13-19)21(26)25-12-11-15-3-1-2-4-16(15)14-25/h1-10,13,24H,11-12,14H2. The highest BCUT2D eigenvalue weighted by Gasteiger charge is 2.22. The molecule has 0 atom stereocenters. The first-order valence-electron chi connectivity index (χ1n) is 8.54. The van der Waals surface area contributed by atoms with E-state index in [1.54, 1.807) is 12.3 Å². The number of anilines is 2. The van der Waals surface area contributed by atoms with E-state index < -0.39 is 0 Å². The fourth-order valence-corrected chi connectivity index (χ4v) is 3.25. The van der Waals surface area contributed by atoms with Gasteiger partial charge in [0.2, 0.25) is 0 Å². The third-order valence-corrected chi connectivity index (χ3v) is 4.79. The predicted molar refractivity (Wildman–Crippen MR) is 104 cm³/mol. The average molecular weight is 364 g/mol. The zero-order valence-corrected chi connectivity index (χ0v) is 14.9. The summed E-state index contributed by atoms with van der Waals surface area (Å²) in [6.45, 7) is 1.36. The van der Waals surface area contributed by atoms with Crippen molar-refractivity contribution in [3.63, 3.8) is 0 Å². The highest BCUT2D eigenvalue weighted by molar-refractivity contribution is 6.30. The van der Waals surface area contributed by atoms with Crippen LogP contribution in [-0.4, -0.2) is 22.3 Å². The Morgan fingerprint density at radius 3 is 2.42 bits per heavy atom. The molecule has 1 aromatic heterocycles. The van der Waals surface area contributed by atoms with Crippen LogP contribution in [-0.2, 0) is 13.0 Å². The van der Waals surface area contributed by atoms with Crippen molar-refractivity contribution in [2.45, 2.75) is 13.0 Å². The van der Waals surface area contributed by atoms with Crippen LogP contribution in [0.15, 0.2) is 66.9 Å². The monoisotopic (exact) mass is 363 g/mol. The Morgan fingerprint density at radius 2 is 1.69 bits per heavy atom. The largest absolute Gasteiger partial charge is 0.354 e. The van der Waals surface area contributed by atoms with E-state index in [9.17, 15) is 4.79 Å². The van der Waals surface area contributed by atoms with Gasteiger partial charge in [-0.2, -0.15) is 0 Å². The van der Waals surface area contributed by atoms with Gasteiger partial charge in [0.1, 0.15) is 5.69 Å². The summed E-state index contributed by atoms with van der Waals surface area (Å²) >= 11 is 5.89. The Bertz CT molecular complexity index is 923. The fraction of sp³-hybridized carbons (Fsp3) is 0.143. The van der Waals surface area contributed by atoms with Gasteiger partial charge >= 0.3 is 0 Å². The Kier molecular flexibility index (Phi) is 4.59. The lowest BCUT2D eigenvalue weighted by molar-refractivity contribution is 0.0729. The maximum Gasteiger partial charge on any atom is 0.272 e. The number of carbonyl (C=O) groups is 1.